The monoisotopic (exact) mass is 386 g/mol. The predicted octanol–water partition coefficient (Wildman–Crippen LogP) is 5.28. The molecule has 0 bridgehead atoms. The molecule has 0 fully saturated rings. The Kier molecular flexibility index (Phi) is 4.97. The molecule has 0 saturated carbocycles. The maximum atomic E-state index is 13.1. The molecule has 2 aromatic rings. The van der Waals surface area contributed by atoms with Crippen LogP contribution in [-0.2, 0) is 6.18 Å². The number of amides is 1. The maximum Gasteiger partial charge on any atom is 0.416 e. The fourth-order valence-electron chi connectivity index (χ4n) is 2.61. The highest BCUT2D eigenvalue weighted by Gasteiger charge is 2.33. The molecule has 1 unspecified atom stereocenters. The van der Waals surface area contributed by atoms with Gasteiger partial charge in [0.2, 0.25) is 0 Å². The average Bonchev–Trinajstić information content (AvgIpc) is 2.71. The van der Waals surface area contributed by atoms with Gasteiger partial charge in [-0.15, -0.1) is 11.8 Å². The number of halogens is 4. The van der Waals surface area contributed by atoms with Gasteiger partial charge in [0.05, 0.1) is 11.3 Å². The topological polar surface area (TPSA) is 33.2 Å². The average molecular weight is 387 g/mol. The Hall–Kier alpha value is -1.73. The molecular weight excluding hydrogens is 373 g/mol. The number of alkyl halides is 3. The molecule has 1 aromatic carbocycles. The molecule has 1 aliphatic rings. The summed E-state index contributed by atoms with van der Waals surface area (Å²) in [6.07, 6.45) is -2.39. The van der Waals surface area contributed by atoms with E-state index in [-0.39, 0.29) is 22.0 Å². The van der Waals surface area contributed by atoms with Crippen LogP contribution >= 0.6 is 23.4 Å². The molecular formula is C17H14ClF3N2OS. The van der Waals surface area contributed by atoms with Crippen molar-refractivity contribution in [2.45, 2.75) is 29.7 Å². The van der Waals surface area contributed by atoms with Crippen molar-refractivity contribution in [2.24, 2.45) is 0 Å². The summed E-state index contributed by atoms with van der Waals surface area (Å²) >= 11 is 7.31. The summed E-state index contributed by atoms with van der Waals surface area (Å²) in [6, 6.07) is 6.45. The zero-order chi connectivity index (χ0) is 18.2. The summed E-state index contributed by atoms with van der Waals surface area (Å²) in [5.74, 6) is -0.389. The Balaban J connectivity index is 2.07. The molecule has 132 valence electrons. The lowest BCUT2D eigenvalue weighted by Crippen LogP contribution is -2.32. The molecule has 0 spiro atoms. The van der Waals surface area contributed by atoms with Gasteiger partial charge in [0.15, 0.2) is 0 Å². The van der Waals surface area contributed by atoms with Gasteiger partial charge in [0, 0.05) is 28.5 Å². The number of hydrogen-bond acceptors (Lipinski definition) is 3. The van der Waals surface area contributed by atoms with Crippen molar-refractivity contribution in [3.63, 3.8) is 0 Å². The Morgan fingerprint density at radius 2 is 2.08 bits per heavy atom. The van der Waals surface area contributed by atoms with E-state index in [4.69, 9.17) is 11.6 Å². The lowest BCUT2D eigenvalue weighted by Gasteiger charge is -2.23. The highest BCUT2D eigenvalue weighted by Crippen LogP contribution is 2.41. The van der Waals surface area contributed by atoms with E-state index < -0.39 is 11.7 Å². The van der Waals surface area contributed by atoms with Crippen molar-refractivity contribution in [1.82, 2.24) is 4.98 Å². The minimum Gasteiger partial charge on any atom is -0.307 e. The van der Waals surface area contributed by atoms with E-state index in [0.29, 0.717) is 23.4 Å². The van der Waals surface area contributed by atoms with Crippen molar-refractivity contribution in [2.75, 3.05) is 11.4 Å². The third kappa shape index (κ3) is 3.93. The number of nitrogens with zero attached hydrogens (tertiary/aromatic N) is 2. The molecule has 1 aliphatic heterocycles. The first-order valence-corrected chi connectivity index (χ1v) is 8.83. The highest BCUT2D eigenvalue weighted by molar-refractivity contribution is 8.00. The number of anilines is 1. The fourth-order valence-corrected chi connectivity index (χ4v) is 3.88. The van der Waals surface area contributed by atoms with E-state index in [1.807, 2.05) is 6.92 Å². The van der Waals surface area contributed by atoms with Crippen molar-refractivity contribution >= 4 is 35.0 Å². The summed E-state index contributed by atoms with van der Waals surface area (Å²) in [7, 11) is 0. The summed E-state index contributed by atoms with van der Waals surface area (Å²) in [6.45, 7) is 2.32. The van der Waals surface area contributed by atoms with E-state index in [2.05, 4.69) is 4.98 Å². The Morgan fingerprint density at radius 3 is 2.76 bits per heavy atom. The van der Waals surface area contributed by atoms with E-state index in [1.165, 1.54) is 41.1 Å². The number of carbonyl (C=O) groups is 1. The molecule has 25 heavy (non-hydrogen) atoms. The number of pyridine rings is 1. The third-order valence-electron chi connectivity index (χ3n) is 3.88. The lowest BCUT2D eigenvalue weighted by molar-refractivity contribution is -0.137. The number of fused-ring (bicyclic) bond motifs is 1. The molecule has 0 aliphatic carbocycles. The predicted molar refractivity (Wildman–Crippen MR) is 92.3 cm³/mol. The first-order chi connectivity index (χ1) is 11.8. The van der Waals surface area contributed by atoms with Crippen molar-refractivity contribution in [3.8, 4) is 0 Å². The minimum atomic E-state index is -4.47. The first kappa shape index (κ1) is 18.1. The normalized spacial score (nSPS) is 17.8. The molecule has 1 aromatic heterocycles. The van der Waals surface area contributed by atoms with Crippen LogP contribution in [0, 0.1) is 0 Å². The molecule has 0 radical (unpaired) electrons. The second-order valence-electron chi connectivity index (χ2n) is 5.72. The van der Waals surface area contributed by atoms with Gasteiger partial charge in [-0.25, -0.2) is 4.98 Å². The number of aromatic nitrogens is 1. The minimum absolute atomic E-state index is 0.160. The van der Waals surface area contributed by atoms with Gasteiger partial charge < -0.3 is 4.90 Å². The summed E-state index contributed by atoms with van der Waals surface area (Å²) in [5, 5.41) is 0.349. The van der Waals surface area contributed by atoms with Crippen LogP contribution in [0.25, 0.3) is 0 Å². The number of thioether (sulfide) groups is 1. The second kappa shape index (κ2) is 6.88. The number of benzene rings is 1. The van der Waals surface area contributed by atoms with Gasteiger partial charge in [0.1, 0.15) is 5.15 Å². The Bertz CT molecular complexity index is 813. The van der Waals surface area contributed by atoms with Crippen LogP contribution in [0.4, 0.5) is 18.9 Å². The number of carbonyl (C=O) groups excluding carboxylic acids is 1. The van der Waals surface area contributed by atoms with Crippen LogP contribution in [0.1, 0.15) is 29.3 Å². The first-order valence-electron chi connectivity index (χ1n) is 7.57. The molecule has 1 amide bonds. The van der Waals surface area contributed by atoms with E-state index >= 15 is 0 Å². The van der Waals surface area contributed by atoms with Gasteiger partial charge in [-0.3, -0.25) is 4.79 Å². The molecule has 2 heterocycles. The van der Waals surface area contributed by atoms with Crippen LogP contribution in [0.15, 0.2) is 41.4 Å². The third-order valence-corrected chi connectivity index (χ3v) is 5.33. The van der Waals surface area contributed by atoms with Gasteiger partial charge >= 0.3 is 6.18 Å². The highest BCUT2D eigenvalue weighted by atomic mass is 35.5. The molecule has 3 nitrogen and oxygen atoms in total. The van der Waals surface area contributed by atoms with Gasteiger partial charge in [-0.05, 0) is 36.8 Å². The van der Waals surface area contributed by atoms with Crippen molar-refractivity contribution in [3.05, 3.63) is 52.8 Å². The zero-order valence-electron chi connectivity index (χ0n) is 13.2. The zero-order valence-corrected chi connectivity index (χ0v) is 14.8. The van der Waals surface area contributed by atoms with Gasteiger partial charge in [0.25, 0.3) is 5.91 Å². The summed E-state index contributed by atoms with van der Waals surface area (Å²) in [5.41, 5.74) is -0.197. The van der Waals surface area contributed by atoms with Crippen molar-refractivity contribution in [1.29, 1.82) is 0 Å². The lowest BCUT2D eigenvalue weighted by atomic mass is 10.1. The molecule has 1 atom stereocenters. The fraction of sp³-hybridized carbons (Fsp3) is 0.294. The summed E-state index contributed by atoms with van der Waals surface area (Å²) < 4.78 is 39.3. The Morgan fingerprint density at radius 1 is 1.32 bits per heavy atom. The van der Waals surface area contributed by atoms with Gasteiger partial charge in [-0.2, -0.15) is 13.2 Å². The second-order valence-corrected chi connectivity index (χ2v) is 7.59. The maximum absolute atomic E-state index is 13.1. The van der Waals surface area contributed by atoms with Gasteiger partial charge in [-0.1, -0.05) is 18.5 Å². The smallest absolute Gasteiger partial charge is 0.307 e. The van der Waals surface area contributed by atoms with Crippen LogP contribution in [0.5, 0.6) is 0 Å². The van der Waals surface area contributed by atoms with Crippen LogP contribution in [0.2, 0.25) is 5.15 Å². The van der Waals surface area contributed by atoms with Crippen LogP contribution in [0.3, 0.4) is 0 Å². The standard InChI is InChI=1S/C17H14ClF3N2OS/c1-10-5-7-23(16(24)11-4-6-22-15(18)8-11)13-9-12(17(19,20)21)2-3-14(13)25-10/h2-4,6,8-10H,5,7H2,1H3. The molecule has 3 rings (SSSR count). The number of hydrogen-bond donors (Lipinski definition) is 0. The molecule has 8 heteroatoms. The van der Waals surface area contributed by atoms with Crippen LogP contribution < -0.4 is 4.90 Å². The van der Waals surface area contributed by atoms with E-state index in [1.54, 1.807) is 0 Å². The molecule has 0 saturated heterocycles. The Labute approximate surface area is 152 Å². The SMILES string of the molecule is CC1CCN(C(=O)c2ccnc(Cl)c2)c2cc(C(F)(F)F)ccc2S1. The van der Waals surface area contributed by atoms with E-state index in [0.717, 1.165) is 12.1 Å². The largest absolute Gasteiger partial charge is 0.416 e. The quantitative estimate of drug-likeness (QED) is 0.625. The summed E-state index contributed by atoms with van der Waals surface area (Å²) in [4.78, 5) is 18.8. The number of rotatable bonds is 1. The van der Waals surface area contributed by atoms with E-state index in [9.17, 15) is 18.0 Å². The van der Waals surface area contributed by atoms with Crippen LogP contribution in [-0.4, -0.2) is 22.7 Å². The molecule has 0 N–H and O–H groups in total. The van der Waals surface area contributed by atoms with Crippen molar-refractivity contribution < 1.29 is 18.0 Å².